The van der Waals surface area contributed by atoms with Gasteiger partial charge in [0, 0.05) is 5.56 Å². The second kappa shape index (κ2) is 5.55. The fourth-order valence-electron chi connectivity index (χ4n) is 1.64. The van der Waals surface area contributed by atoms with E-state index in [1.54, 1.807) is 27.7 Å². The predicted octanol–water partition coefficient (Wildman–Crippen LogP) is 0.443. The van der Waals surface area contributed by atoms with Gasteiger partial charge in [-0.3, -0.25) is 4.79 Å². The molecule has 0 saturated heterocycles. The van der Waals surface area contributed by atoms with Crippen molar-refractivity contribution in [1.29, 1.82) is 0 Å². The maximum absolute atomic E-state index is 12.0. The van der Waals surface area contributed by atoms with Gasteiger partial charge in [0.05, 0.1) is 5.56 Å². The average molecular weight is 264 g/mol. The molecule has 0 heterocycles. The van der Waals surface area contributed by atoms with E-state index >= 15 is 0 Å². The van der Waals surface area contributed by atoms with Crippen LogP contribution >= 0.6 is 0 Å². The van der Waals surface area contributed by atoms with Crippen LogP contribution in [0.15, 0.2) is 12.1 Å². The van der Waals surface area contributed by atoms with Gasteiger partial charge >= 0.3 is 13.1 Å². The Labute approximate surface area is 112 Å². The Bertz CT molecular complexity index is 502. The fourth-order valence-corrected chi connectivity index (χ4v) is 1.64. The van der Waals surface area contributed by atoms with Gasteiger partial charge in [-0.15, -0.1) is 0 Å². The van der Waals surface area contributed by atoms with Crippen LogP contribution in [0.25, 0.3) is 0 Å². The molecule has 0 aliphatic heterocycles. The third kappa shape index (κ3) is 3.91. The zero-order valence-corrected chi connectivity index (χ0v) is 11.4. The fraction of sp³-hybridized carbons (Fsp3) is 0.385. The van der Waals surface area contributed by atoms with Crippen molar-refractivity contribution < 1.29 is 24.4 Å². The minimum Gasteiger partial charge on any atom is -0.456 e. The van der Waals surface area contributed by atoms with Gasteiger partial charge in [-0.05, 0) is 44.8 Å². The van der Waals surface area contributed by atoms with E-state index < -0.39 is 18.7 Å². The van der Waals surface area contributed by atoms with Crippen molar-refractivity contribution in [2.24, 2.45) is 0 Å². The molecule has 0 fully saturated rings. The van der Waals surface area contributed by atoms with Crippen LogP contribution in [0.4, 0.5) is 0 Å². The first-order valence-electron chi connectivity index (χ1n) is 5.85. The molecular formula is C13H17BO5. The second-order valence-electron chi connectivity index (χ2n) is 5.28. The van der Waals surface area contributed by atoms with E-state index in [0.29, 0.717) is 11.8 Å². The van der Waals surface area contributed by atoms with Crippen molar-refractivity contribution in [3.05, 3.63) is 28.8 Å². The summed E-state index contributed by atoms with van der Waals surface area (Å²) in [7, 11) is -1.75. The number of esters is 1. The molecule has 19 heavy (non-hydrogen) atoms. The van der Waals surface area contributed by atoms with Gasteiger partial charge < -0.3 is 14.8 Å². The van der Waals surface area contributed by atoms with E-state index in [1.807, 2.05) is 0 Å². The molecule has 0 atom stereocenters. The van der Waals surface area contributed by atoms with Crippen LogP contribution in [0.3, 0.4) is 0 Å². The lowest BCUT2D eigenvalue weighted by molar-refractivity contribution is 0.00688. The van der Waals surface area contributed by atoms with Crippen molar-refractivity contribution >= 4 is 24.8 Å². The summed E-state index contributed by atoms with van der Waals surface area (Å²) in [6.07, 6.45) is 0.541. The maximum Gasteiger partial charge on any atom is 0.488 e. The molecule has 6 heteroatoms. The minimum atomic E-state index is -1.75. The van der Waals surface area contributed by atoms with Gasteiger partial charge in [-0.1, -0.05) is 6.07 Å². The first-order chi connectivity index (χ1) is 8.65. The Morgan fingerprint density at radius 1 is 1.32 bits per heavy atom. The number of ether oxygens (including phenoxy) is 1. The van der Waals surface area contributed by atoms with E-state index in [1.165, 1.54) is 12.1 Å². The molecule has 2 N–H and O–H groups in total. The molecule has 5 nitrogen and oxygen atoms in total. The zero-order valence-electron chi connectivity index (χ0n) is 11.4. The van der Waals surface area contributed by atoms with Crippen LogP contribution in [0, 0.1) is 6.92 Å². The summed E-state index contributed by atoms with van der Waals surface area (Å²) in [6, 6.07) is 2.71. The highest BCUT2D eigenvalue weighted by molar-refractivity contribution is 6.59. The van der Waals surface area contributed by atoms with E-state index in [4.69, 9.17) is 4.74 Å². The number of aldehydes is 1. The van der Waals surface area contributed by atoms with Gasteiger partial charge in [-0.2, -0.15) is 0 Å². The van der Waals surface area contributed by atoms with E-state index in [2.05, 4.69) is 0 Å². The summed E-state index contributed by atoms with van der Waals surface area (Å²) < 4.78 is 5.22. The summed E-state index contributed by atoms with van der Waals surface area (Å²) in [5, 5.41) is 18.5. The lowest BCUT2D eigenvalue weighted by atomic mass is 9.75. The van der Waals surface area contributed by atoms with Crippen LogP contribution in [0.2, 0.25) is 0 Å². The summed E-state index contributed by atoms with van der Waals surface area (Å²) in [4.78, 5) is 22.9. The van der Waals surface area contributed by atoms with Crippen LogP contribution < -0.4 is 5.46 Å². The molecule has 0 bridgehead atoms. The highest BCUT2D eigenvalue weighted by Crippen LogP contribution is 2.15. The first kappa shape index (κ1) is 15.4. The van der Waals surface area contributed by atoms with E-state index in [9.17, 15) is 19.6 Å². The normalized spacial score (nSPS) is 11.1. The Morgan fingerprint density at radius 3 is 2.32 bits per heavy atom. The molecule has 0 unspecified atom stereocenters. The summed E-state index contributed by atoms with van der Waals surface area (Å²) in [6.45, 7) is 6.76. The molecule has 0 aliphatic rings. The largest absolute Gasteiger partial charge is 0.488 e. The molecule has 0 aliphatic carbocycles. The van der Waals surface area contributed by atoms with Gasteiger partial charge in [0.15, 0.2) is 0 Å². The first-order valence-corrected chi connectivity index (χ1v) is 5.85. The Morgan fingerprint density at radius 2 is 1.89 bits per heavy atom. The molecule has 1 aromatic rings. The molecular weight excluding hydrogens is 247 g/mol. The van der Waals surface area contributed by atoms with Gasteiger partial charge in [-0.25, -0.2) is 4.79 Å². The quantitative estimate of drug-likeness (QED) is 0.470. The lowest BCUT2D eigenvalue weighted by Gasteiger charge is -2.21. The van der Waals surface area contributed by atoms with Crippen LogP contribution in [-0.4, -0.2) is 35.0 Å². The number of hydrogen-bond acceptors (Lipinski definition) is 5. The highest BCUT2D eigenvalue weighted by atomic mass is 16.6. The van der Waals surface area contributed by atoms with E-state index in [-0.39, 0.29) is 16.6 Å². The van der Waals surface area contributed by atoms with Crippen molar-refractivity contribution in [2.45, 2.75) is 33.3 Å². The number of rotatable bonds is 3. The van der Waals surface area contributed by atoms with Crippen LogP contribution in [-0.2, 0) is 4.74 Å². The molecule has 0 radical (unpaired) electrons. The molecule has 0 spiro atoms. The molecule has 0 saturated carbocycles. The summed E-state index contributed by atoms with van der Waals surface area (Å²) in [5.74, 6) is -0.601. The molecule has 0 aromatic heterocycles. The van der Waals surface area contributed by atoms with Crippen molar-refractivity contribution in [1.82, 2.24) is 0 Å². The van der Waals surface area contributed by atoms with Crippen LogP contribution in [0.5, 0.6) is 0 Å². The van der Waals surface area contributed by atoms with Crippen LogP contribution in [0.1, 0.15) is 47.1 Å². The minimum absolute atomic E-state index is 0.116. The molecule has 0 amide bonds. The second-order valence-corrected chi connectivity index (χ2v) is 5.28. The monoisotopic (exact) mass is 264 g/mol. The SMILES string of the molecule is Cc1c(B(O)O)cc(C=O)cc1C(=O)OC(C)(C)C. The third-order valence-electron chi connectivity index (χ3n) is 2.50. The smallest absolute Gasteiger partial charge is 0.456 e. The highest BCUT2D eigenvalue weighted by Gasteiger charge is 2.24. The number of carbonyl (C=O) groups excluding carboxylic acids is 2. The topological polar surface area (TPSA) is 83.8 Å². The van der Waals surface area contributed by atoms with Crippen molar-refractivity contribution in [3.63, 3.8) is 0 Å². The lowest BCUT2D eigenvalue weighted by Crippen LogP contribution is -2.34. The maximum atomic E-state index is 12.0. The molecule has 1 aromatic carbocycles. The van der Waals surface area contributed by atoms with Gasteiger partial charge in [0.1, 0.15) is 11.9 Å². The molecule has 102 valence electrons. The Hall–Kier alpha value is -1.66. The number of benzene rings is 1. The Balaban J connectivity index is 3.30. The number of hydrogen-bond donors (Lipinski definition) is 2. The Kier molecular flexibility index (Phi) is 4.50. The average Bonchev–Trinajstić information content (AvgIpc) is 2.26. The zero-order chi connectivity index (χ0) is 14.8. The standard InChI is InChI=1S/C13H17BO5/c1-8-10(12(16)19-13(2,3)4)5-9(7-15)6-11(8)14(17)18/h5-7,17-18H,1-4H3. The molecule has 1 rings (SSSR count). The number of carbonyl (C=O) groups is 2. The third-order valence-corrected chi connectivity index (χ3v) is 2.50. The summed E-state index contributed by atoms with van der Waals surface area (Å²) >= 11 is 0. The van der Waals surface area contributed by atoms with Gasteiger partial charge in [0.2, 0.25) is 0 Å². The predicted molar refractivity (Wildman–Crippen MR) is 71.6 cm³/mol. The van der Waals surface area contributed by atoms with Gasteiger partial charge in [0.25, 0.3) is 0 Å². The van der Waals surface area contributed by atoms with Crippen molar-refractivity contribution in [2.75, 3.05) is 0 Å². The summed E-state index contributed by atoms with van der Waals surface area (Å²) in [5.41, 5.74) is 0.177. The van der Waals surface area contributed by atoms with Crippen molar-refractivity contribution in [3.8, 4) is 0 Å². The van der Waals surface area contributed by atoms with E-state index in [0.717, 1.165) is 0 Å².